The first-order valence-corrected chi connectivity index (χ1v) is 5.91. The summed E-state index contributed by atoms with van der Waals surface area (Å²) < 4.78 is 0. The fraction of sp³-hybridized carbons (Fsp3) is 0.300. The zero-order valence-corrected chi connectivity index (χ0v) is 8.65. The van der Waals surface area contributed by atoms with E-state index < -0.39 is 14.1 Å². The predicted molar refractivity (Wildman–Crippen MR) is 57.0 cm³/mol. The zero-order valence-electron chi connectivity index (χ0n) is 7.76. The molecule has 0 spiro atoms. The third kappa shape index (κ3) is 3.86. The van der Waals surface area contributed by atoms with Gasteiger partial charge in [-0.3, -0.25) is 4.79 Å². The normalized spacial score (nSPS) is 12.4. The number of rotatable bonds is 5. The lowest BCUT2D eigenvalue weighted by atomic mass is 10.3. The van der Waals surface area contributed by atoms with Gasteiger partial charge in [0.1, 0.15) is 0 Å². The van der Waals surface area contributed by atoms with E-state index in [1.165, 1.54) is 0 Å². The van der Waals surface area contributed by atoms with Gasteiger partial charge >= 0.3 is 5.97 Å². The van der Waals surface area contributed by atoms with Gasteiger partial charge in [-0.05, 0) is 12.6 Å². The van der Waals surface area contributed by atoms with Crippen LogP contribution in [0.3, 0.4) is 0 Å². The maximum atomic E-state index is 10.2. The number of aliphatic carboxylic acids is 1. The molecule has 0 fully saturated rings. The van der Waals surface area contributed by atoms with Crippen LogP contribution < -0.4 is 5.30 Å². The van der Waals surface area contributed by atoms with E-state index >= 15 is 0 Å². The van der Waals surface area contributed by atoms with Crippen LogP contribution in [0.4, 0.5) is 0 Å². The minimum Gasteiger partial charge on any atom is -0.481 e. The molecule has 1 aromatic carbocycles. The molecule has 0 aliphatic carbocycles. The Morgan fingerprint density at radius 3 is 2.50 bits per heavy atom. The number of carbonyl (C=O) groups is 1. The average Bonchev–Trinajstić information content (AvgIpc) is 2.18. The first-order chi connectivity index (χ1) is 6.70. The molecule has 3 nitrogen and oxygen atoms in total. The molecule has 0 radical (unpaired) electrons. The van der Waals surface area contributed by atoms with Crippen LogP contribution in [0.2, 0.25) is 0 Å². The van der Waals surface area contributed by atoms with Crippen molar-refractivity contribution in [2.45, 2.75) is 12.8 Å². The molecule has 0 heterocycles. The largest absolute Gasteiger partial charge is 0.481 e. The standard InChI is InChI=1S/C10H13O3P/c11-10(12)7-4-8-14(13)9-5-2-1-3-6-9/h1-3,5-6,13H,4,7-8H2,(H,11,12). The van der Waals surface area contributed by atoms with Crippen molar-refractivity contribution in [3.05, 3.63) is 30.3 Å². The van der Waals surface area contributed by atoms with Gasteiger partial charge in [0.15, 0.2) is 0 Å². The van der Waals surface area contributed by atoms with E-state index in [0.29, 0.717) is 12.6 Å². The van der Waals surface area contributed by atoms with Crippen LogP contribution in [-0.2, 0) is 4.79 Å². The molecular formula is C10H13O3P. The van der Waals surface area contributed by atoms with Crippen molar-refractivity contribution in [2.24, 2.45) is 0 Å². The zero-order chi connectivity index (χ0) is 10.4. The molecule has 0 aliphatic heterocycles. The van der Waals surface area contributed by atoms with Crippen molar-refractivity contribution in [1.82, 2.24) is 0 Å². The van der Waals surface area contributed by atoms with Gasteiger partial charge in [-0.25, -0.2) is 0 Å². The molecule has 2 N–H and O–H groups in total. The maximum absolute atomic E-state index is 10.2. The molecule has 1 rings (SSSR count). The minimum absolute atomic E-state index is 0.131. The molecule has 0 saturated heterocycles. The third-order valence-electron chi connectivity index (χ3n) is 1.81. The summed E-state index contributed by atoms with van der Waals surface area (Å²) in [5.74, 6) is -0.804. The monoisotopic (exact) mass is 212 g/mol. The molecule has 1 atom stereocenters. The topological polar surface area (TPSA) is 57.5 Å². The van der Waals surface area contributed by atoms with Crippen LogP contribution in [-0.4, -0.2) is 22.1 Å². The molecule has 0 aliphatic rings. The number of carboxylic acids is 1. The Balaban J connectivity index is 2.36. The Kier molecular flexibility index (Phi) is 4.57. The molecule has 76 valence electrons. The van der Waals surface area contributed by atoms with Gasteiger partial charge < -0.3 is 10.00 Å². The van der Waals surface area contributed by atoms with E-state index in [-0.39, 0.29) is 6.42 Å². The summed E-state index contributed by atoms with van der Waals surface area (Å²) >= 11 is 0. The number of carboxylic acid groups (broad SMARTS) is 1. The molecular weight excluding hydrogens is 199 g/mol. The van der Waals surface area contributed by atoms with Crippen LogP contribution in [0.1, 0.15) is 12.8 Å². The molecule has 0 bridgehead atoms. The van der Waals surface area contributed by atoms with Gasteiger partial charge in [0, 0.05) is 11.7 Å². The highest BCUT2D eigenvalue weighted by atomic mass is 31.1. The minimum atomic E-state index is -1.17. The Hall–Kier alpha value is -0.920. The summed E-state index contributed by atoms with van der Waals surface area (Å²) in [6.07, 6.45) is 1.23. The fourth-order valence-corrected chi connectivity index (χ4v) is 2.34. The summed E-state index contributed by atoms with van der Waals surface area (Å²) in [7, 11) is -1.17. The summed E-state index contributed by atoms with van der Waals surface area (Å²) in [5, 5.41) is 9.33. The average molecular weight is 212 g/mol. The second-order valence-electron chi connectivity index (χ2n) is 2.96. The van der Waals surface area contributed by atoms with Crippen LogP contribution >= 0.6 is 8.15 Å². The molecule has 0 aromatic heterocycles. The van der Waals surface area contributed by atoms with E-state index in [1.807, 2.05) is 30.3 Å². The van der Waals surface area contributed by atoms with Crippen LogP contribution in [0.15, 0.2) is 30.3 Å². The molecule has 4 heteroatoms. The highest BCUT2D eigenvalue weighted by Crippen LogP contribution is 2.29. The molecule has 1 unspecified atom stereocenters. The predicted octanol–water partition coefficient (Wildman–Crippen LogP) is 1.57. The lowest BCUT2D eigenvalue weighted by Gasteiger charge is -2.08. The van der Waals surface area contributed by atoms with Gasteiger partial charge in [0.05, 0.1) is 8.15 Å². The number of hydrogen-bond acceptors (Lipinski definition) is 2. The summed E-state index contributed by atoms with van der Waals surface area (Å²) in [6, 6.07) is 9.37. The van der Waals surface area contributed by atoms with E-state index in [0.717, 1.165) is 5.30 Å². The Bertz CT molecular complexity index is 287. The van der Waals surface area contributed by atoms with Gasteiger partial charge in [-0.2, -0.15) is 0 Å². The van der Waals surface area contributed by atoms with E-state index in [4.69, 9.17) is 5.11 Å². The van der Waals surface area contributed by atoms with Crippen LogP contribution in [0.5, 0.6) is 0 Å². The smallest absolute Gasteiger partial charge is 0.303 e. The summed E-state index contributed by atoms with van der Waals surface area (Å²) in [4.78, 5) is 19.9. The van der Waals surface area contributed by atoms with Crippen molar-refractivity contribution in [3.8, 4) is 0 Å². The Labute approximate surface area is 84.2 Å². The quantitative estimate of drug-likeness (QED) is 0.728. The van der Waals surface area contributed by atoms with Crippen LogP contribution in [0.25, 0.3) is 0 Å². The summed E-state index contributed by atoms with van der Waals surface area (Å²) in [6.45, 7) is 0. The van der Waals surface area contributed by atoms with E-state index in [2.05, 4.69) is 0 Å². The highest BCUT2D eigenvalue weighted by Gasteiger charge is 2.07. The highest BCUT2D eigenvalue weighted by molar-refractivity contribution is 7.59. The maximum Gasteiger partial charge on any atom is 0.303 e. The number of hydrogen-bond donors (Lipinski definition) is 2. The van der Waals surface area contributed by atoms with Crippen molar-refractivity contribution < 1.29 is 14.8 Å². The first kappa shape index (κ1) is 11.2. The van der Waals surface area contributed by atoms with Crippen molar-refractivity contribution in [2.75, 3.05) is 6.16 Å². The summed E-state index contributed by atoms with van der Waals surface area (Å²) in [5.41, 5.74) is 0. The van der Waals surface area contributed by atoms with Gasteiger partial charge in [0.2, 0.25) is 0 Å². The number of benzene rings is 1. The molecule has 0 saturated carbocycles. The second kappa shape index (κ2) is 5.74. The second-order valence-corrected chi connectivity index (χ2v) is 4.72. The SMILES string of the molecule is O=C(O)CCCP(O)c1ccccc1. The lowest BCUT2D eigenvalue weighted by molar-refractivity contribution is -0.137. The fourth-order valence-electron chi connectivity index (χ4n) is 1.11. The Morgan fingerprint density at radius 1 is 1.29 bits per heavy atom. The van der Waals surface area contributed by atoms with Crippen LogP contribution in [0, 0.1) is 0 Å². The molecule has 1 aromatic rings. The van der Waals surface area contributed by atoms with Gasteiger partial charge in [-0.1, -0.05) is 30.3 Å². The third-order valence-corrected chi connectivity index (χ3v) is 3.45. The van der Waals surface area contributed by atoms with Crippen molar-refractivity contribution in [3.63, 3.8) is 0 Å². The molecule has 14 heavy (non-hydrogen) atoms. The van der Waals surface area contributed by atoms with Gasteiger partial charge in [-0.15, -0.1) is 0 Å². The van der Waals surface area contributed by atoms with Crippen molar-refractivity contribution in [1.29, 1.82) is 0 Å². The Morgan fingerprint density at radius 2 is 1.93 bits per heavy atom. The molecule has 0 amide bonds. The lowest BCUT2D eigenvalue weighted by Crippen LogP contribution is -2.03. The first-order valence-electron chi connectivity index (χ1n) is 4.43. The van der Waals surface area contributed by atoms with E-state index in [9.17, 15) is 9.69 Å². The van der Waals surface area contributed by atoms with E-state index in [1.54, 1.807) is 0 Å². The van der Waals surface area contributed by atoms with Gasteiger partial charge in [0.25, 0.3) is 0 Å². The van der Waals surface area contributed by atoms with Crippen molar-refractivity contribution >= 4 is 19.4 Å².